The highest BCUT2D eigenvalue weighted by Gasteiger charge is 2.30. The number of carbonyl (C=O) groups excluding carboxylic acids is 1. The summed E-state index contributed by atoms with van der Waals surface area (Å²) < 4.78 is 46.3. The van der Waals surface area contributed by atoms with Crippen LogP contribution in [0.5, 0.6) is 0 Å². The molecule has 9 heteroatoms. The van der Waals surface area contributed by atoms with Crippen molar-refractivity contribution in [2.24, 2.45) is 4.99 Å². The van der Waals surface area contributed by atoms with Crippen LogP contribution in [0.25, 0.3) is 10.2 Å². The fourth-order valence-electron chi connectivity index (χ4n) is 2.51. The molecule has 1 amide bonds. The van der Waals surface area contributed by atoms with E-state index in [-0.39, 0.29) is 5.56 Å². The topological polar surface area (TPSA) is 43.6 Å². The lowest BCUT2D eigenvalue weighted by Crippen LogP contribution is -2.19. The molecule has 0 fully saturated rings. The highest BCUT2D eigenvalue weighted by Crippen LogP contribution is 2.29. The van der Waals surface area contributed by atoms with E-state index in [2.05, 4.69) is 4.99 Å². The molecule has 0 spiro atoms. The Morgan fingerprint density at radius 2 is 2.04 bits per heavy atom. The van der Waals surface area contributed by atoms with Crippen molar-refractivity contribution < 1.29 is 22.7 Å². The van der Waals surface area contributed by atoms with Gasteiger partial charge in [0.05, 0.1) is 22.4 Å². The Morgan fingerprint density at radius 3 is 2.74 bits per heavy atom. The number of nitrogens with zero attached hydrogens (tertiary/aromatic N) is 2. The summed E-state index contributed by atoms with van der Waals surface area (Å²) in [5.74, 6) is -0.745. The third-order valence-corrected chi connectivity index (χ3v) is 5.07. The van der Waals surface area contributed by atoms with Gasteiger partial charge < -0.3 is 9.30 Å². The molecule has 0 atom stereocenters. The van der Waals surface area contributed by atoms with Crippen molar-refractivity contribution in [1.82, 2.24) is 4.57 Å². The van der Waals surface area contributed by atoms with Crippen molar-refractivity contribution in [1.29, 1.82) is 0 Å². The summed E-state index contributed by atoms with van der Waals surface area (Å²) in [6, 6.07) is 9.49. The molecule has 0 radical (unpaired) electrons. The van der Waals surface area contributed by atoms with E-state index in [9.17, 15) is 18.0 Å². The van der Waals surface area contributed by atoms with Gasteiger partial charge in [0.25, 0.3) is 5.91 Å². The second kappa shape index (κ2) is 7.84. The van der Waals surface area contributed by atoms with E-state index in [4.69, 9.17) is 16.3 Å². The predicted octanol–water partition coefficient (Wildman–Crippen LogP) is 4.76. The number of amides is 1. The molecule has 3 rings (SSSR count). The van der Waals surface area contributed by atoms with Crippen LogP contribution < -0.4 is 4.80 Å². The molecule has 27 heavy (non-hydrogen) atoms. The molecule has 142 valence electrons. The average Bonchev–Trinajstić information content (AvgIpc) is 2.95. The van der Waals surface area contributed by atoms with Crippen LogP contribution in [0.2, 0.25) is 5.02 Å². The molecular formula is C18H14ClF3N2O2S. The van der Waals surface area contributed by atoms with E-state index < -0.39 is 17.6 Å². The van der Waals surface area contributed by atoms with E-state index in [1.165, 1.54) is 23.5 Å². The van der Waals surface area contributed by atoms with Crippen LogP contribution in [0.15, 0.2) is 47.5 Å². The fourth-order valence-corrected chi connectivity index (χ4v) is 3.84. The van der Waals surface area contributed by atoms with Gasteiger partial charge in [-0.2, -0.15) is 18.2 Å². The molecule has 1 aromatic heterocycles. The summed E-state index contributed by atoms with van der Waals surface area (Å²) in [5, 5.41) is 0.540. The summed E-state index contributed by atoms with van der Waals surface area (Å²) in [6.07, 6.45) is -4.52. The monoisotopic (exact) mass is 414 g/mol. The summed E-state index contributed by atoms with van der Waals surface area (Å²) in [6.45, 7) is 0.826. The predicted molar refractivity (Wildman–Crippen MR) is 98.0 cm³/mol. The van der Waals surface area contributed by atoms with Crippen LogP contribution in [0.3, 0.4) is 0 Å². The molecular weight excluding hydrogens is 401 g/mol. The van der Waals surface area contributed by atoms with Gasteiger partial charge in [0, 0.05) is 24.2 Å². The van der Waals surface area contributed by atoms with Gasteiger partial charge in [-0.3, -0.25) is 4.79 Å². The number of ether oxygens (including phenoxy) is 1. The van der Waals surface area contributed by atoms with Crippen LogP contribution in [-0.2, 0) is 17.5 Å². The molecule has 0 aliphatic carbocycles. The summed E-state index contributed by atoms with van der Waals surface area (Å²) in [7, 11) is 1.55. The molecule has 0 N–H and O–H groups in total. The lowest BCUT2D eigenvalue weighted by atomic mass is 10.1. The molecule has 1 heterocycles. The lowest BCUT2D eigenvalue weighted by Gasteiger charge is -2.07. The van der Waals surface area contributed by atoms with Crippen LogP contribution in [0.4, 0.5) is 13.2 Å². The molecule has 3 aromatic rings. The highest BCUT2D eigenvalue weighted by molar-refractivity contribution is 7.16. The molecule has 0 aliphatic heterocycles. The van der Waals surface area contributed by atoms with Gasteiger partial charge in [0.15, 0.2) is 4.80 Å². The van der Waals surface area contributed by atoms with Gasteiger partial charge in [-0.05, 0) is 36.4 Å². The molecule has 0 bridgehead atoms. The van der Waals surface area contributed by atoms with Gasteiger partial charge in [-0.15, -0.1) is 0 Å². The lowest BCUT2D eigenvalue weighted by molar-refractivity contribution is -0.137. The number of rotatable bonds is 4. The van der Waals surface area contributed by atoms with Crippen molar-refractivity contribution in [3.05, 3.63) is 63.4 Å². The van der Waals surface area contributed by atoms with E-state index in [0.29, 0.717) is 23.0 Å². The zero-order valence-corrected chi connectivity index (χ0v) is 15.7. The maximum absolute atomic E-state index is 12.9. The molecule has 4 nitrogen and oxygen atoms in total. The largest absolute Gasteiger partial charge is 0.416 e. The van der Waals surface area contributed by atoms with Crippen molar-refractivity contribution in [2.45, 2.75) is 12.7 Å². The van der Waals surface area contributed by atoms with E-state index in [1.54, 1.807) is 29.9 Å². The van der Waals surface area contributed by atoms with Gasteiger partial charge >= 0.3 is 6.18 Å². The van der Waals surface area contributed by atoms with Crippen molar-refractivity contribution in [2.75, 3.05) is 13.7 Å². The Hall–Kier alpha value is -2.16. The number of carbonyl (C=O) groups is 1. The van der Waals surface area contributed by atoms with E-state index in [0.717, 1.165) is 22.3 Å². The Labute approximate surface area is 161 Å². The standard InChI is InChI=1S/C18H14ClF3N2O2S/c1-26-8-7-24-14-6-5-13(19)10-15(14)27-17(24)23-16(25)11-3-2-4-12(9-11)18(20,21)22/h2-6,9-10H,7-8H2,1H3. The van der Waals surface area contributed by atoms with Gasteiger partial charge in [0.2, 0.25) is 0 Å². The normalized spacial score (nSPS) is 12.7. The number of hydrogen-bond donors (Lipinski definition) is 0. The number of methoxy groups -OCH3 is 1. The molecule has 0 saturated heterocycles. The molecule has 0 saturated carbocycles. The number of thiazole rings is 1. The van der Waals surface area contributed by atoms with Crippen LogP contribution in [-0.4, -0.2) is 24.2 Å². The van der Waals surface area contributed by atoms with Gasteiger partial charge in [-0.1, -0.05) is 29.0 Å². The van der Waals surface area contributed by atoms with Crippen LogP contribution in [0, 0.1) is 0 Å². The minimum Gasteiger partial charge on any atom is -0.383 e. The first-order valence-electron chi connectivity index (χ1n) is 7.84. The maximum atomic E-state index is 12.9. The highest BCUT2D eigenvalue weighted by atomic mass is 35.5. The second-order valence-electron chi connectivity index (χ2n) is 5.64. The first kappa shape index (κ1) is 19.6. The Morgan fingerprint density at radius 1 is 1.26 bits per heavy atom. The zero-order chi connectivity index (χ0) is 19.6. The summed E-state index contributed by atoms with van der Waals surface area (Å²) >= 11 is 7.25. The number of fused-ring (bicyclic) bond motifs is 1. The Balaban J connectivity index is 2.08. The van der Waals surface area contributed by atoms with Gasteiger partial charge in [-0.25, -0.2) is 0 Å². The number of aromatic nitrogens is 1. The maximum Gasteiger partial charge on any atom is 0.416 e. The average molecular weight is 415 g/mol. The van der Waals surface area contributed by atoms with E-state index in [1.807, 2.05) is 0 Å². The van der Waals surface area contributed by atoms with Crippen molar-refractivity contribution >= 4 is 39.1 Å². The smallest absolute Gasteiger partial charge is 0.383 e. The van der Waals surface area contributed by atoms with Crippen molar-refractivity contribution in [3.63, 3.8) is 0 Å². The minimum atomic E-state index is -4.52. The van der Waals surface area contributed by atoms with Crippen LogP contribution in [0.1, 0.15) is 15.9 Å². The van der Waals surface area contributed by atoms with Gasteiger partial charge in [0.1, 0.15) is 0 Å². The fraction of sp³-hybridized carbons (Fsp3) is 0.222. The van der Waals surface area contributed by atoms with E-state index >= 15 is 0 Å². The molecule has 0 unspecified atom stereocenters. The minimum absolute atomic E-state index is 0.126. The SMILES string of the molecule is COCCn1c(=NC(=O)c2cccc(C(F)(F)F)c2)sc2cc(Cl)ccc21. The van der Waals surface area contributed by atoms with Crippen LogP contribution >= 0.6 is 22.9 Å². The summed E-state index contributed by atoms with van der Waals surface area (Å²) in [4.78, 5) is 16.9. The number of alkyl halides is 3. The quantitative estimate of drug-likeness (QED) is 0.617. The zero-order valence-electron chi connectivity index (χ0n) is 14.1. The number of hydrogen-bond acceptors (Lipinski definition) is 3. The third kappa shape index (κ3) is 4.40. The molecule has 0 aliphatic rings. The first-order chi connectivity index (χ1) is 12.8. The Bertz CT molecular complexity index is 1060. The Kier molecular flexibility index (Phi) is 5.69. The third-order valence-electron chi connectivity index (χ3n) is 3.80. The second-order valence-corrected chi connectivity index (χ2v) is 7.08. The number of benzene rings is 2. The first-order valence-corrected chi connectivity index (χ1v) is 9.03. The van der Waals surface area contributed by atoms with Crippen molar-refractivity contribution in [3.8, 4) is 0 Å². The molecule has 2 aromatic carbocycles. The summed E-state index contributed by atoms with van der Waals surface area (Å²) in [5.41, 5.74) is -0.199. The number of halogens is 4.